The molecular formula is C11H9F2NO. The second-order valence-electron chi connectivity index (χ2n) is 3.11. The Kier molecular flexibility index (Phi) is 2.67. The summed E-state index contributed by atoms with van der Waals surface area (Å²) in [7, 11) is 0. The van der Waals surface area contributed by atoms with Crippen LogP contribution in [0.3, 0.4) is 0 Å². The summed E-state index contributed by atoms with van der Waals surface area (Å²) in [5, 5.41) is 2.78. The van der Waals surface area contributed by atoms with Gasteiger partial charge in [-0.2, -0.15) is 0 Å². The van der Waals surface area contributed by atoms with Crippen LogP contribution in [0.15, 0.2) is 41.2 Å². The van der Waals surface area contributed by atoms with Crippen LogP contribution in [0, 0.1) is 11.6 Å². The number of hydrogen-bond donors (Lipinski definition) is 1. The second-order valence-corrected chi connectivity index (χ2v) is 3.11. The van der Waals surface area contributed by atoms with Crippen LogP contribution < -0.4 is 5.32 Å². The molecule has 1 aromatic carbocycles. The summed E-state index contributed by atoms with van der Waals surface area (Å²) in [6.07, 6.45) is 3.07. The maximum absolute atomic E-state index is 13.1. The van der Waals surface area contributed by atoms with Crippen molar-refractivity contribution in [2.75, 3.05) is 5.32 Å². The molecule has 0 amide bonds. The average Bonchev–Trinajstić information content (AvgIpc) is 2.72. The lowest BCUT2D eigenvalue weighted by atomic mass is 10.2. The predicted molar refractivity (Wildman–Crippen MR) is 52.4 cm³/mol. The third-order valence-electron chi connectivity index (χ3n) is 1.99. The lowest BCUT2D eigenvalue weighted by Gasteiger charge is -2.05. The van der Waals surface area contributed by atoms with E-state index in [1.807, 2.05) is 0 Å². The Labute approximate surface area is 85.5 Å². The van der Waals surface area contributed by atoms with Gasteiger partial charge < -0.3 is 9.73 Å². The fraction of sp³-hybridized carbons (Fsp3) is 0.0909. The summed E-state index contributed by atoms with van der Waals surface area (Å²) in [6, 6.07) is 5.05. The molecule has 0 radical (unpaired) electrons. The normalized spacial score (nSPS) is 10.3. The molecule has 0 bridgehead atoms. The van der Waals surface area contributed by atoms with Gasteiger partial charge in [0.25, 0.3) is 0 Å². The van der Waals surface area contributed by atoms with Gasteiger partial charge in [-0.3, -0.25) is 0 Å². The van der Waals surface area contributed by atoms with Crippen molar-refractivity contribution in [3.8, 4) is 0 Å². The van der Waals surface area contributed by atoms with Gasteiger partial charge in [0.05, 0.1) is 18.2 Å². The molecule has 1 N–H and O–H groups in total. The van der Waals surface area contributed by atoms with Crippen LogP contribution in [0.5, 0.6) is 0 Å². The van der Waals surface area contributed by atoms with Crippen LogP contribution in [0.1, 0.15) is 5.56 Å². The predicted octanol–water partition coefficient (Wildman–Crippen LogP) is 3.17. The second kappa shape index (κ2) is 4.13. The van der Waals surface area contributed by atoms with Crippen molar-refractivity contribution < 1.29 is 13.2 Å². The average molecular weight is 209 g/mol. The Morgan fingerprint density at radius 2 is 2.07 bits per heavy atom. The van der Waals surface area contributed by atoms with Crippen molar-refractivity contribution in [2.24, 2.45) is 0 Å². The van der Waals surface area contributed by atoms with Crippen molar-refractivity contribution in [1.82, 2.24) is 0 Å². The number of halogens is 2. The van der Waals surface area contributed by atoms with Gasteiger partial charge in [0.2, 0.25) is 0 Å². The van der Waals surface area contributed by atoms with Crippen LogP contribution in [0.2, 0.25) is 0 Å². The Balaban J connectivity index is 2.07. The highest BCUT2D eigenvalue weighted by Gasteiger charge is 2.03. The number of hydrogen-bond acceptors (Lipinski definition) is 2. The van der Waals surface area contributed by atoms with E-state index in [0.29, 0.717) is 6.54 Å². The van der Waals surface area contributed by atoms with Crippen molar-refractivity contribution in [3.05, 3.63) is 54.0 Å². The first kappa shape index (κ1) is 9.71. The Morgan fingerprint density at radius 1 is 1.20 bits per heavy atom. The van der Waals surface area contributed by atoms with Gasteiger partial charge in [0.1, 0.15) is 11.6 Å². The van der Waals surface area contributed by atoms with Gasteiger partial charge in [0, 0.05) is 12.1 Å². The molecule has 4 heteroatoms. The molecule has 0 fully saturated rings. The molecule has 0 aliphatic carbocycles. The number of furan rings is 1. The van der Waals surface area contributed by atoms with Gasteiger partial charge in [0.15, 0.2) is 0 Å². The summed E-state index contributed by atoms with van der Waals surface area (Å²) in [5.74, 6) is -0.939. The molecule has 2 aromatic rings. The van der Waals surface area contributed by atoms with Crippen LogP contribution in [0.25, 0.3) is 0 Å². The lowest BCUT2D eigenvalue weighted by Crippen LogP contribution is -2.00. The van der Waals surface area contributed by atoms with Crippen LogP contribution in [0.4, 0.5) is 14.5 Å². The fourth-order valence-electron chi connectivity index (χ4n) is 1.22. The highest BCUT2D eigenvalue weighted by molar-refractivity contribution is 5.45. The summed E-state index contributed by atoms with van der Waals surface area (Å²) in [5.41, 5.74) is 1.02. The van der Waals surface area contributed by atoms with Gasteiger partial charge in [-0.1, -0.05) is 0 Å². The van der Waals surface area contributed by atoms with E-state index in [4.69, 9.17) is 4.42 Å². The first-order valence-corrected chi connectivity index (χ1v) is 4.46. The van der Waals surface area contributed by atoms with E-state index < -0.39 is 11.6 Å². The molecule has 0 spiro atoms. The van der Waals surface area contributed by atoms with Gasteiger partial charge >= 0.3 is 0 Å². The SMILES string of the molecule is Fc1ccc(F)c(NCc2ccoc2)c1. The van der Waals surface area contributed by atoms with E-state index in [1.54, 1.807) is 12.3 Å². The zero-order valence-corrected chi connectivity index (χ0v) is 7.84. The first-order chi connectivity index (χ1) is 7.25. The largest absolute Gasteiger partial charge is 0.472 e. The summed E-state index contributed by atoms with van der Waals surface area (Å²) in [4.78, 5) is 0. The topological polar surface area (TPSA) is 25.2 Å². The molecule has 2 nitrogen and oxygen atoms in total. The van der Waals surface area contributed by atoms with Crippen molar-refractivity contribution in [2.45, 2.75) is 6.54 Å². The monoisotopic (exact) mass is 209 g/mol. The highest BCUT2D eigenvalue weighted by atomic mass is 19.1. The van der Waals surface area contributed by atoms with Gasteiger partial charge in [-0.15, -0.1) is 0 Å². The molecule has 0 saturated heterocycles. The minimum Gasteiger partial charge on any atom is -0.472 e. The van der Waals surface area contributed by atoms with Crippen LogP contribution in [-0.4, -0.2) is 0 Å². The summed E-state index contributed by atoms with van der Waals surface area (Å²) >= 11 is 0. The third kappa shape index (κ3) is 2.34. The first-order valence-electron chi connectivity index (χ1n) is 4.46. The summed E-state index contributed by atoms with van der Waals surface area (Å²) < 4.78 is 30.8. The zero-order valence-electron chi connectivity index (χ0n) is 7.84. The maximum Gasteiger partial charge on any atom is 0.146 e. The maximum atomic E-state index is 13.1. The van der Waals surface area contributed by atoms with E-state index in [9.17, 15) is 8.78 Å². The molecule has 0 atom stereocenters. The molecule has 1 aromatic heterocycles. The van der Waals surface area contributed by atoms with E-state index in [1.165, 1.54) is 6.26 Å². The third-order valence-corrected chi connectivity index (χ3v) is 1.99. The minimum absolute atomic E-state index is 0.149. The number of benzene rings is 1. The Hall–Kier alpha value is -1.84. The van der Waals surface area contributed by atoms with E-state index in [0.717, 1.165) is 23.8 Å². The molecule has 0 aliphatic rings. The molecule has 78 valence electrons. The van der Waals surface area contributed by atoms with Crippen molar-refractivity contribution in [3.63, 3.8) is 0 Å². The Bertz CT molecular complexity index is 440. The molecular weight excluding hydrogens is 200 g/mol. The van der Waals surface area contributed by atoms with E-state index in [2.05, 4.69) is 5.32 Å². The molecule has 15 heavy (non-hydrogen) atoms. The molecule has 0 saturated carbocycles. The molecule has 1 heterocycles. The van der Waals surface area contributed by atoms with Gasteiger partial charge in [-0.25, -0.2) is 8.78 Å². The van der Waals surface area contributed by atoms with Crippen LogP contribution in [-0.2, 0) is 6.54 Å². The number of rotatable bonds is 3. The molecule has 0 unspecified atom stereocenters. The molecule has 2 rings (SSSR count). The minimum atomic E-state index is -0.472. The fourth-order valence-corrected chi connectivity index (χ4v) is 1.22. The van der Waals surface area contributed by atoms with Crippen molar-refractivity contribution >= 4 is 5.69 Å². The number of nitrogens with one attached hydrogen (secondary N) is 1. The smallest absolute Gasteiger partial charge is 0.146 e. The zero-order chi connectivity index (χ0) is 10.7. The number of anilines is 1. The lowest BCUT2D eigenvalue weighted by molar-refractivity contribution is 0.564. The molecule has 0 aliphatic heterocycles. The Morgan fingerprint density at radius 3 is 2.80 bits per heavy atom. The standard InChI is InChI=1S/C11H9F2NO/c12-9-1-2-10(13)11(5-9)14-6-8-3-4-15-7-8/h1-5,7,14H,6H2. The van der Waals surface area contributed by atoms with E-state index in [-0.39, 0.29) is 5.69 Å². The van der Waals surface area contributed by atoms with E-state index >= 15 is 0 Å². The summed E-state index contributed by atoms with van der Waals surface area (Å²) in [6.45, 7) is 0.400. The van der Waals surface area contributed by atoms with Crippen LogP contribution >= 0.6 is 0 Å². The quantitative estimate of drug-likeness (QED) is 0.839. The van der Waals surface area contributed by atoms with Crippen molar-refractivity contribution in [1.29, 1.82) is 0 Å². The van der Waals surface area contributed by atoms with Gasteiger partial charge in [-0.05, 0) is 24.3 Å². The highest BCUT2D eigenvalue weighted by Crippen LogP contribution is 2.16.